The van der Waals surface area contributed by atoms with Crippen LogP contribution in [-0.2, 0) is 0 Å². The summed E-state index contributed by atoms with van der Waals surface area (Å²) in [5.41, 5.74) is 6.03. The highest BCUT2D eigenvalue weighted by molar-refractivity contribution is 4.92. The molecule has 1 aliphatic carbocycles. The van der Waals surface area contributed by atoms with Gasteiger partial charge in [0.25, 0.3) is 0 Å². The van der Waals surface area contributed by atoms with Gasteiger partial charge in [0.1, 0.15) is 0 Å². The van der Waals surface area contributed by atoms with Crippen molar-refractivity contribution in [2.24, 2.45) is 17.6 Å². The van der Waals surface area contributed by atoms with Crippen LogP contribution in [0.2, 0.25) is 0 Å². The zero-order valence-corrected chi connectivity index (χ0v) is 9.22. The SMILES string of the molecule is CCC(C)C(N)CNC1CC1CC. The lowest BCUT2D eigenvalue weighted by atomic mass is 10.0. The molecule has 4 unspecified atom stereocenters. The Morgan fingerprint density at radius 2 is 2.15 bits per heavy atom. The smallest absolute Gasteiger partial charge is 0.0191 e. The van der Waals surface area contributed by atoms with Gasteiger partial charge in [0, 0.05) is 18.6 Å². The molecular weight excluding hydrogens is 160 g/mol. The molecule has 0 aromatic carbocycles. The second-order valence-electron chi connectivity index (χ2n) is 4.47. The molecule has 0 saturated heterocycles. The van der Waals surface area contributed by atoms with Crippen LogP contribution in [0.4, 0.5) is 0 Å². The second-order valence-corrected chi connectivity index (χ2v) is 4.47. The molecule has 0 aromatic heterocycles. The van der Waals surface area contributed by atoms with E-state index in [1.807, 2.05) is 0 Å². The van der Waals surface area contributed by atoms with Gasteiger partial charge in [0.15, 0.2) is 0 Å². The van der Waals surface area contributed by atoms with Gasteiger partial charge in [-0.3, -0.25) is 0 Å². The van der Waals surface area contributed by atoms with Crippen LogP contribution in [0, 0.1) is 11.8 Å². The highest BCUT2D eigenvalue weighted by Crippen LogP contribution is 2.32. The molecule has 0 bridgehead atoms. The first-order valence-electron chi connectivity index (χ1n) is 5.68. The summed E-state index contributed by atoms with van der Waals surface area (Å²) in [5, 5.41) is 3.55. The molecular formula is C11H24N2. The van der Waals surface area contributed by atoms with Gasteiger partial charge >= 0.3 is 0 Å². The third-order valence-corrected chi connectivity index (χ3v) is 3.44. The number of nitrogens with two attached hydrogens (primary N) is 1. The van der Waals surface area contributed by atoms with Gasteiger partial charge in [0.2, 0.25) is 0 Å². The first-order valence-corrected chi connectivity index (χ1v) is 5.68. The Hall–Kier alpha value is -0.0800. The van der Waals surface area contributed by atoms with E-state index < -0.39 is 0 Å². The van der Waals surface area contributed by atoms with E-state index in [4.69, 9.17) is 5.73 Å². The summed E-state index contributed by atoms with van der Waals surface area (Å²) in [6.45, 7) is 7.70. The summed E-state index contributed by atoms with van der Waals surface area (Å²) >= 11 is 0. The molecule has 13 heavy (non-hydrogen) atoms. The molecule has 0 radical (unpaired) electrons. The standard InChI is InChI=1S/C11H24N2/c1-4-8(3)10(12)7-13-11-6-9(11)5-2/h8-11,13H,4-7,12H2,1-3H3. The number of hydrogen-bond acceptors (Lipinski definition) is 2. The largest absolute Gasteiger partial charge is 0.326 e. The molecule has 1 fully saturated rings. The van der Waals surface area contributed by atoms with Crippen molar-refractivity contribution in [2.75, 3.05) is 6.54 Å². The predicted molar refractivity (Wildman–Crippen MR) is 57.6 cm³/mol. The molecule has 2 heteroatoms. The van der Waals surface area contributed by atoms with Crippen LogP contribution in [0.25, 0.3) is 0 Å². The lowest BCUT2D eigenvalue weighted by molar-refractivity contribution is 0.414. The maximum Gasteiger partial charge on any atom is 0.0191 e. The maximum atomic E-state index is 6.03. The highest BCUT2D eigenvalue weighted by Gasteiger charge is 2.34. The van der Waals surface area contributed by atoms with Crippen LogP contribution in [0.1, 0.15) is 40.0 Å². The fourth-order valence-electron chi connectivity index (χ4n) is 1.74. The molecule has 4 atom stereocenters. The Labute approximate surface area is 82.3 Å². The first kappa shape index (κ1) is 11.0. The normalized spacial score (nSPS) is 31.4. The Morgan fingerprint density at radius 1 is 1.46 bits per heavy atom. The van der Waals surface area contributed by atoms with Gasteiger partial charge in [-0.1, -0.05) is 33.6 Å². The minimum atomic E-state index is 0.336. The molecule has 78 valence electrons. The zero-order chi connectivity index (χ0) is 9.84. The van der Waals surface area contributed by atoms with Crippen molar-refractivity contribution >= 4 is 0 Å². The Morgan fingerprint density at radius 3 is 2.62 bits per heavy atom. The van der Waals surface area contributed by atoms with Crippen molar-refractivity contribution in [1.29, 1.82) is 0 Å². The molecule has 0 aromatic rings. The van der Waals surface area contributed by atoms with E-state index in [1.165, 1.54) is 19.3 Å². The van der Waals surface area contributed by atoms with E-state index in [-0.39, 0.29) is 0 Å². The average Bonchev–Trinajstić information content (AvgIpc) is 2.91. The third kappa shape index (κ3) is 3.28. The third-order valence-electron chi connectivity index (χ3n) is 3.44. The van der Waals surface area contributed by atoms with Crippen LogP contribution in [0.3, 0.4) is 0 Å². The van der Waals surface area contributed by atoms with Crippen LogP contribution < -0.4 is 11.1 Å². The summed E-state index contributed by atoms with van der Waals surface area (Å²) in [6.07, 6.45) is 3.87. The van der Waals surface area contributed by atoms with Gasteiger partial charge in [-0.05, 0) is 18.3 Å². The molecule has 2 nitrogen and oxygen atoms in total. The number of nitrogens with one attached hydrogen (secondary N) is 1. The maximum absolute atomic E-state index is 6.03. The Balaban J connectivity index is 2.06. The van der Waals surface area contributed by atoms with E-state index in [1.54, 1.807) is 0 Å². The fraction of sp³-hybridized carbons (Fsp3) is 1.00. The Bertz CT molecular complexity index is 147. The van der Waals surface area contributed by atoms with Gasteiger partial charge in [-0.2, -0.15) is 0 Å². The summed E-state index contributed by atoms with van der Waals surface area (Å²) in [7, 11) is 0. The minimum Gasteiger partial charge on any atom is -0.326 e. The molecule has 0 aliphatic heterocycles. The second kappa shape index (κ2) is 4.97. The molecule has 0 amide bonds. The summed E-state index contributed by atoms with van der Waals surface area (Å²) < 4.78 is 0. The summed E-state index contributed by atoms with van der Waals surface area (Å²) in [6, 6.07) is 1.11. The van der Waals surface area contributed by atoms with Crippen molar-refractivity contribution in [3.63, 3.8) is 0 Å². The van der Waals surface area contributed by atoms with E-state index in [0.717, 1.165) is 18.5 Å². The van der Waals surface area contributed by atoms with Crippen LogP contribution in [0.5, 0.6) is 0 Å². The zero-order valence-electron chi connectivity index (χ0n) is 9.22. The van der Waals surface area contributed by atoms with E-state index in [2.05, 4.69) is 26.1 Å². The van der Waals surface area contributed by atoms with Gasteiger partial charge < -0.3 is 11.1 Å². The van der Waals surface area contributed by atoms with Crippen LogP contribution in [0.15, 0.2) is 0 Å². The quantitative estimate of drug-likeness (QED) is 0.660. The van der Waals surface area contributed by atoms with Crippen molar-refractivity contribution in [3.05, 3.63) is 0 Å². The van der Waals surface area contributed by atoms with Crippen molar-refractivity contribution < 1.29 is 0 Å². The van der Waals surface area contributed by atoms with Gasteiger partial charge in [0.05, 0.1) is 0 Å². The van der Waals surface area contributed by atoms with E-state index in [0.29, 0.717) is 12.0 Å². The molecule has 1 aliphatic rings. The molecule has 3 N–H and O–H groups in total. The lowest BCUT2D eigenvalue weighted by Gasteiger charge is -2.18. The first-order chi connectivity index (χ1) is 6.19. The lowest BCUT2D eigenvalue weighted by Crippen LogP contribution is -2.39. The molecule has 0 heterocycles. The van der Waals surface area contributed by atoms with E-state index >= 15 is 0 Å². The molecule has 1 rings (SSSR count). The van der Waals surface area contributed by atoms with Crippen molar-refractivity contribution in [2.45, 2.75) is 52.1 Å². The van der Waals surface area contributed by atoms with Crippen LogP contribution in [-0.4, -0.2) is 18.6 Å². The van der Waals surface area contributed by atoms with Gasteiger partial charge in [-0.15, -0.1) is 0 Å². The minimum absolute atomic E-state index is 0.336. The van der Waals surface area contributed by atoms with Crippen molar-refractivity contribution in [1.82, 2.24) is 5.32 Å². The van der Waals surface area contributed by atoms with Crippen molar-refractivity contribution in [3.8, 4) is 0 Å². The molecule has 1 saturated carbocycles. The van der Waals surface area contributed by atoms with E-state index in [9.17, 15) is 0 Å². The average molecular weight is 184 g/mol. The topological polar surface area (TPSA) is 38.0 Å². The number of rotatable bonds is 6. The van der Waals surface area contributed by atoms with Gasteiger partial charge in [-0.25, -0.2) is 0 Å². The highest BCUT2D eigenvalue weighted by atomic mass is 15.0. The predicted octanol–water partition coefficient (Wildman–Crippen LogP) is 1.75. The Kier molecular flexibility index (Phi) is 4.20. The fourth-order valence-corrected chi connectivity index (χ4v) is 1.74. The number of hydrogen-bond donors (Lipinski definition) is 2. The summed E-state index contributed by atoms with van der Waals surface area (Å²) in [4.78, 5) is 0. The van der Waals surface area contributed by atoms with Crippen LogP contribution >= 0.6 is 0 Å². The monoisotopic (exact) mass is 184 g/mol. The summed E-state index contributed by atoms with van der Waals surface area (Å²) in [5.74, 6) is 1.58. The molecule has 0 spiro atoms.